The molecule has 0 radical (unpaired) electrons. The molecule has 0 aliphatic carbocycles. The third-order valence-corrected chi connectivity index (χ3v) is 3.68. The van der Waals surface area contributed by atoms with Crippen molar-refractivity contribution in [2.75, 3.05) is 6.61 Å². The highest BCUT2D eigenvalue weighted by Gasteiger charge is 2.31. The van der Waals surface area contributed by atoms with E-state index in [1.54, 1.807) is 0 Å². The molecule has 0 aromatic heterocycles. The number of aryl methyl sites for hydroxylation is 3. The van der Waals surface area contributed by atoms with Crippen LogP contribution < -0.4 is 0 Å². The van der Waals surface area contributed by atoms with Gasteiger partial charge in [0.1, 0.15) is 5.92 Å². The molecule has 0 fully saturated rings. The van der Waals surface area contributed by atoms with E-state index in [2.05, 4.69) is 0 Å². The van der Waals surface area contributed by atoms with E-state index in [0.29, 0.717) is 18.6 Å². The predicted octanol–water partition coefficient (Wildman–Crippen LogP) is 4.62. The summed E-state index contributed by atoms with van der Waals surface area (Å²) in [5.74, 6) is -0.939. The molecule has 1 aromatic rings. The molecule has 0 spiro atoms. The molecule has 0 N–H and O–H groups in total. The number of Topliss-reactive ketones (excluding diaryl/α,β-unsaturated/α-hetero) is 1. The molecule has 0 heterocycles. The van der Waals surface area contributed by atoms with Gasteiger partial charge in [0, 0.05) is 5.56 Å². The number of hydrogen-bond acceptors (Lipinski definition) is 4. The van der Waals surface area contributed by atoms with Gasteiger partial charge in [-0.3, -0.25) is 9.59 Å². The predicted molar refractivity (Wildman–Crippen MR) is 99.6 cm³/mol. The van der Waals surface area contributed by atoms with Crippen molar-refractivity contribution < 1.29 is 18.9 Å². The summed E-state index contributed by atoms with van der Waals surface area (Å²) in [6, 6.07) is 3.98. The van der Waals surface area contributed by atoms with Crippen LogP contribution in [0.25, 0.3) is 0 Å². The van der Waals surface area contributed by atoms with Gasteiger partial charge in [0.2, 0.25) is 0 Å². The highest BCUT2D eigenvalue weighted by molar-refractivity contribution is 7.00. The molecular formula is C19H30O4P+. The number of benzene rings is 1. The summed E-state index contributed by atoms with van der Waals surface area (Å²) in [5, 5.41) is 0. The van der Waals surface area contributed by atoms with Gasteiger partial charge in [0.15, 0.2) is 5.78 Å². The van der Waals surface area contributed by atoms with Crippen LogP contribution in [0.5, 0.6) is 0 Å². The molecule has 0 amide bonds. The van der Waals surface area contributed by atoms with E-state index in [4.69, 9.17) is 9.30 Å². The first-order valence-electron chi connectivity index (χ1n) is 8.30. The second-order valence-corrected chi connectivity index (χ2v) is 6.49. The van der Waals surface area contributed by atoms with Crippen molar-refractivity contribution in [1.29, 1.82) is 0 Å². The summed E-state index contributed by atoms with van der Waals surface area (Å²) in [6.07, 6.45) is 1.28. The van der Waals surface area contributed by atoms with Crippen LogP contribution in [0.3, 0.4) is 0 Å². The van der Waals surface area contributed by atoms with Crippen LogP contribution in [-0.4, -0.2) is 18.4 Å². The van der Waals surface area contributed by atoms with Gasteiger partial charge in [-0.25, -0.2) is 0 Å². The van der Waals surface area contributed by atoms with Crippen LogP contribution in [0.15, 0.2) is 12.1 Å². The van der Waals surface area contributed by atoms with E-state index in [1.165, 1.54) is 9.12 Å². The maximum absolute atomic E-state index is 12.9. The summed E-state index contributed by atoms with van der Waals surface area (Å²) >= 11 is 0. The van der Waals surface area contributed by atoms with Gasteiger partial charge in [-0.1, -0.05) is 43.0 Å². The van der Waals surface area contributed by atoms with Crippen LogP contribution in [-0.2, 0) is 14.1 Å². The second-order valence-electron chi connectivity index (χ2n) is 6.49. The Morgan fingerprint density at radius 2 is 1.58 bits per heavy atom. The number of esters is 1. The summed E-state index contributed by atoms with van der Waals surface area (Å²) in [4.78, 5) is 25.2. The molecule has 0 aliphatic rings. The minimum Gasteiger partial charge on any atom is -0.465 e. The minimum atomic E-state index is -0.702. The number of rotatable bonds is 7. The van der Waals surface area contributed by atoms with Crippen molar-refractivity contribution in [3.05, 3.63) is 34.4 Å². The van der Waals surface area contributed by atoms with Gasteiger partial charge in [-0.2, -0.15) is 0 Å². The number of carbonyl (C=O) groups excluding carboxylic acids is 2. The van der Waals surface area contributed by atoms with Crippen LogP contribution in [0.1, 0.15) is 60.7 Å². The molecule has 1 aromatic carbocycles. The highest BCUT2D eigenvalue weighted by Crippen LogP contribution is 2.24. The van der Waals surface area contributed by atoms with Gasteiger partial charge < -0.3 is 4.74 Å². The smallest absolute Gasteiger partial charge is 0.316 e. The molecule has 24 heavy (non-hydrogen) atoms. The standard InChI is InChI=1S/C19H28O3.H2OP/c1-7-8-22-19(21)16(9-12(2)3)18(20)17-14(5)10-13(4)11-15(17)6;1-2/h10-12,16H,7-9H2,1-6H3;2H2/q;+1. The summed E-state index contributed by atoms with van der Waals surface area (Å²) in [6.45, 7) is 12.2. The van der Waals surface area contributed by atoms with Gasteiger partial charge in [-0.05, 0) is 50.7 Å². The van der Waals surface area contributed by atoms with Crippen molar-refractivity contribution in [2.45, 2.75) is 54.4 Å². The quantitative estimate of drug-likeness (QED) is 0.311. The molecule has 0 saturated heterocycles. The third kappa shape index (κ3) is 6.52. The zero-order valence-electron chi connectivity index (χ0n) is 15.6. The maximum atomic E-state index is 12.9. The molecule has 2 unspecified atom stereocenters. The summed E-state index contributed by atoms with van der Waals surface area (Å²) < 4.78 is 13.4. The largest absolute Gasteiger partial charge is 0.465 e. The number of ketones is 1. The molecule has 0 aliphatic heterocycles. The Kier molecular flexibility index (Phi) is 10.4. The van der Waals surface area contributed by atoms with Crippen molar-refractivity contribution in [3.8, 4) is 0 Å². The van der Waals surface area contributed by atoms with Gasteiger partial charge in [-0.15, -0.1) is 0 Å². The average Bonchev–Trinajstić information content (AvgIpc) is 2.50. The fourth-order valence-electron chi connectivity index (χ4n) is 2.83. The summed E-state index contributed by atoms with van der Waals surface area (Å²) in [7, 11) is 1.17. The lowest BCUT2D eigenvalue weighted by Crippen LogP contribution is -2.29. The maximum Gasteiger partial charge on any atom is 0.316 e. The lowest BCUT2D eigenvalue weighted by atomic mass is 9.85. The number of hydrogen-bond donors (Lipinski definition) is 0. The average molecular weight is 353 g/mol. The monoisotopic (exact) mass is 353 g/mol. The van der Waals surface area contributed by atoms with Crippen LogP contribution in [0.2, 0.25) is 0 Å². The Labute approximate surface area is 147 Å². The van der Waals surface area contributed by atoms with E-state index in [0.717, 1.165) is 23.1 Å². The number of carbonyl (C=O) groups is 2. The molecular weight excluding hydrogens is 323 g/mol. The fraction of sp³-hybridized carbons (Fsp3) is 0.579. The SMILES string of the molecule is CCCOC(=O)C(CC(C)C)C(=O)c1c(C)cc(C)cc1C.O=[PH2+]. The Hall–Kier alpha value is -1.54. The van der Waals surface area contributed by atoms with Crippen LogP contribution in [0.4, 0.5) is 0 Å². The summed E-state index contributed by atoms with van der Waals surface area (Å²) in [5.41, 5.74) is 3.66. The van der Waals surface area contributed by atoms with E-state index in [-0.39, 0.29) is 17.7 Å². The van der Waals surface area contributed by atoms with E-state index in [9.17, 15) is 9.59 Å². The third-order valence-electron chi connectivity index (χ3n) is 3.68. The first-order chi connectivity index (χ1) is 11.3. The molecule has 0 bridgehead atoms. The molecule has 2 atom stereocenters. The first kappa shape index (κ1) is 22.5. The Balaban J connectivity index is 0.00000254. The second kappa shape index (κ2) is 11.1. The lowest BCUT2D eigenvalue weighted by Gasteiger charge is -2.19. The van der Waals surface area contributed by atoms with Gasteiger partial charge in [0.05, 0.1) is 6.61 Å². The lowest BCUT2D eigenvalue weighted by molar-refractivity contribution is -0.147. The molecule has 1 rings (SSSR count). The molecule has 0 saturated carbocycles. The fourth-order valence-corrected chi connectivity index (χ4v) is 2.83. The van der Waals surface area contributed by atoms with Crippen molar-refractivity contribution in [1.82, 2.24) is 0 Å². The highest BCUT2D eigenvalue weighted by atomic mass is 31.0. The van der Waals surface area contributed by atoms with E-state index < -0.39 is 5.92 Å². The van der Waals surface area contributed by atoms with Crippen molar-refractivity contribution in [3.63, 3.8) is 0 Å². The van der Waals surface area contributed by atoms with Gasteiger partial charge >= 0.3 is 15.1 Å². The molecule has 134 valence electrons. The van der Waals surface area contributed by atoms with Crippen molar-refractivity contribution >= 4 is 20.9 Å². The minimum absolute atomic E-state index is 0.107. The molecule has 4 nitrogen and oxygen atoms in total. The van der Waals surface area contributed by atoms with Crippen LogP contribution in [0, 0.1) is 32.6 Å². The topological polar surface area (TPSA) is 60.4 Å². The van der Waals surface area contributed by atoms with Gasteiger partial charge in [0.25, 0.3) is 0 Å². The first-order valence-corrected chi connectivity index (χ1v) is 8.77. The Morgan fingerprint density at radius 1 is 1.08 bits per heavy atom. The number of ether oxygens (including phenoxy) is 1. The van der Waals surface area contributed by atoms with Crippen molar-refractivity contribution in [2.24, 2.45) is 11.8 Å². The van der Waals surface area contributed by atoms with Crippen LogP contribution >= 0.6 is 9.12 Å². The van der Waals surface area contributed by atoms with E-state index in [1.807, 2.05) is 53.7 Å². The zero-order chi connectivity index (χ0) is 18.9. The van der Waals surface area contributed by atoms with E-state index >= 15 is 0 Å². The normalized spacial score (nSPS) is 11.5. The molecule has 5 heteroatoms. The Morgan fingerprint density at radius 3 is 2.00 bits per heavy atom. The zero-order valence-corrected chi connectivity index (χ0v) is 16.8. The Bertz CT molecular complexity index is 543.